The molecule has 0 heterocycles. The number of nitro benzene ring substituents is 1. The van der Waals surface area contributed by atoms with Gasteiger partial charge in [0.25, 0.3) is 5.69 Å². The van der Waals surface area contributed by atoms with Crippen molar-refractivity contribution in [2.75, 3.05) is 25.9 Å². The Morgan fingerprint density at radius 3 is 2.75 bits per heavy atom. The van der Waals surface area contributed by atoms with Crippen molar-refractivity contribution in [3.05, 3.63) is 46.0 Å². The van der Waals surface area contributed by atoms with E-state index in [-0.39, 0.29) is 17.3 Å². The normalized spacial score (nSPS) is 11.8. The van der Waals surface area contributed by atoms with Crippen LogP contribution in [0.2, 0.25) is 0 Å². The van der Waals surface area contributed by atoms with Gasteiger partial charge >= 0.3 is 0 Å². The number of sulfonamides is 1. The van der Waals surface area contributed by atoms with Crippen LogP contribution in [0.1, 0.15) is 18.9 Å². The predicted molar refractivity (Wildman–Crippen MR) is 91.8 cm³/mol. The molecule has 9 heteroatoms. The van der Waals surface area contributed by atoms with Crippen LogP contribution in [-0.2, 0) is 14.8 Å². The molecule has 0 radical (unpaired) electrons. The Kier molecular flexibility index (Phi) is 7.53. The molecule has 0 bridgehead atoms. The van der Waals surface area contributed by atoms with Gasteiger partial charge in [-0.3, -0.25) is 14.9 Å². The first-order valence-electron chi connectivity index (χ1n) is 7.40. The number of nitrogens with one attached hydrogen (secondary N) is 1. The van der Waals surface area contributed by atoms with E-state index in [2.05, 4.69) is 5.32 Å². The van der Waals surface area contributed by atoms with Crippen LogP contribution in [0.15, 0.2) is 30.3 Å². The molecule has 0 aliphatic heterocycles. The van der Waals surface area contributed by atoms with Crippen molar-refractivity contribution in [1.82, 2.24) is 9.62 Å². The number of non-ortho nitro benzene ring substituents is 1. The third kappa shape index (κ3) is 6.47. The van der Waals surface area contributed by atoms with Crippen LogP contribution in [0.25, 0.3) is 6.08 Å². The lowest BCUT2D eigenvalue weighted by molar-refractivity contribution is -0.384. The van der Waals surface area contributed by atoms with Crippen LogP contribution in [0, 0.1) is 10.1 Å². The number of hydrogen-bond acceptors (Lipinski definition) is 5. The second-order valence-electron chi connectivity index (χ2n) is 5.05. The summed E-state index contributed by atoms with van der Waals surface area (Å²) in [7, 11) is -1.70. The Hall–Kier alpha value is -2.26. The van der Waals surface area contributed by atoms with Gasteiger partial charge in [0.2, 0.25) is 15.9 Å². The predicted octanol–water partition coefficient (Wildman–Crippen LogP) is 1.40. The van der Waals surface area contributed by atoms with E-state index < -0.39 is 14.9 Å². The standard InChI is InChI=1S/C15H21N3O5S/c1-3-24(22,23)17(2)11-5-10-16-15(19)9-8-13-6-4-7-14(12-13)18(20)21/h4,6-9,12H,3,5,10-11H2,1-2H3,(H,16,19)/b9-8+. The molecular formula is C15H21N3O5S. The summed E-state index contributed by atoms with van der Waals surface area (Å²) in [5.74, 6) is -0.301. The second-order valence-corrected chi connectivity index (χ2v) is 7.42. The molecule has 0 saturated heterocycles. The van der Waals surface area contributed by atoms with Gasteiger partial charge in [0.1, 0.15) is 0 Å². The molecule has 0 aromatic heterocycles. The fourth-order valence-electron chi connectivity index (χ4n) is 1.85. The van der Waals surface area contributed by atoms with Crippen molar-refractivity contribution < 1.29 is 18.1 Å². The van der Waals surface area contributed by atoms with Crippen molar-refractivity contribution in [1.29, 1.82) is 0 Å². The molecule has 0 spiro atoms. The maximum atomic E-state index is 11.7. The number of nitro groups is 1. The van der Waals surface area contributed by atoms with Gasteiger partial charge in [0, 0.05) is 38.3 Å². The van der Waals surface area contributed by atoms with E-state index in [0.29, 0.717) is 25.1 Å². The van der Waals surface area contributed by atoms with E-state index in [1.165, 1.54) is 35.6 Å². The first kappa shape index (κ1) is 19.8. The Bertz CT molecular complexity index is 716. The minimum absolute atomic E-state index is 0.0435. The monoisotopic (exact) mass is 355 g/mol. The Balaban J connectivity index is 2.42. The van der Waals surface area contributed by atoms with Gasteiger partial charge < -0.3 is 5.32 Å². The molecule has 24 heavy (non-hydrogen) atoms. The zero-order chi connectivity index (χ0) is 18.2. The molecule has 1 aromatic carbocycles. The number of benzene rings is 1. The highest BCUT2D eigenvalue weighted by molar-refractivity contribution is 7.89. The Morgan fingerprint density at radius 2 is 2.12 bits per heavy atom. The summed E-state index contributed by atoms with van der Waals surface area (Å²) in [6.07, 6.45) is 3.26. The van der Waals surface area contributed by atoms with Gasteiger partial charge in [-0.15, -0.1) is 0 Å². The number of amides is 1. The van der Waals surface area contributed by atoms with Crippen molar-refractivity contribution in [2.24, 2.45) is 0 Å². The molecule has 0 fully saturated rings. The highest BCUT2D eigenvalue weighted by atomic mass is 32.2. The average Bonchev–Trinajstić information content (AvgIpc) is 2.56. The van der Waals surface area contributed by atoms with E-state index in [0.717, 1.165) is 0 Å². The number of hydrogen-bond donors (Lipinski definition) is 1. The number of carbonyl (C=O) groups excluding carboxylic acids is 1. The molecule has 1 aromatic rings. The number of nitrogens with zero attached hydrogens (tertiary/aromatic N) is 2. The zero-order valence-electron chi connectivity index (χ0n) is 13.6. The minimum atomic E-state index is -3.20. The fraction of sp³-hybridized carbons (Fsp3) is 0.400. The molecule has 0 aliphatic carbocycles. The van der Waals surface area contributed by atoms with Gasteiger partial charge in [-0.05, 0) is 25.0 Å². The van der Waals surface area contributed by atoms with Crippen LogP contribution in [0.4, 0.5) is 5.69 Å². The van der Waals surface area contributed by atoms with E-state index in [9.17, 15) is 23.3 Å². The smallest absolute Gasteiger partial charge is 0.270 e. The van der Waals surface area contributed by atoms with E-state index >= 15 is 0 Å². The van der Waals surface area contributed by atoms with Crippen LogP contribution in [-0.4, -0.2) is 49.4 Å². The molecule has 1 rings (SSSR count). The second kappa shape index (κ2) is 9.14. The fourth-order valence-corrected chi connectivity index (χ4v) is 2.69. The zero-order valence-corrected chi connectivity index (χ0v) is 14.5. The van der Waals surface area contributed by atoms with Crippen LogP contribution >= 0.6 is 0 Å². The largest absolute Gasteiger partial charge is 0.353 e. The number of carbonyl (C=O) groups is 1. The van der Waals surface area contributed by atoms with Gasteiger partial charge in [-0.25, -0.2) is 12.7 Å². The first-order chi connectivity index (χ1) is 11.3. The third-order valence-corrected chi connectivity index (χ3v) is 5.16. The summed E-state index contributed by atoms with van der Waals surface area (Å²) in [4.78, 5) is 21.8. The van der Waals surface area contributed by atoms with Crippen LogP contribution < -0.4 is 5.32 Å². The third-order valence-electron chi connectivity index (χ3n) is 3.30. The van der Waals surface area contributed by atoms with Crippen molar-refractivity contribution in [3.8, 4) is 0 Å². The molecular weight excluding hydrogens is 334 g/mol. The molecule has 0 unspecified atom stereocenters. The summed E-state index contributed by atoms with van der Waals surface area (Å²) < 4.78 is 24.3. The van der Waals surface area contributed by atoms with E-state index in [1.54, 1.807) is 19.1 Å². The van der Waals surface area contributed by atoms with Gasteiger partial charge in [0.15, 0.2) is 0 Å². The quantitative estimate of drug-likeness (QED) is 0.312. The summed E-state index contributed by atoms with van der Waals surface area (Å²) in [6.45, 7) is 2.24. The van der Waals surface area contributed by atoms with Crippen molar-refractivity contribution in [2.45, 2.75) is 13.3 Å². The highest BCUT2D eigenvalue weighted by Crippen LogP contribution is 2.13. The summed E-state index contributed by atoms with van der Waals surface area (Å²) in [5, 5.41) is 13.3. The molecule has 1 amide bonds. The van der Waals surface area contributed by atoms with Crippen LogP contribution in [0.3, 0.4) is 0 Å². The summed E-state index contributed by atoms with van der Waals surface area (Å²) in [6, 6.07) is 5.94. The lowest BCUT2D eigenvalue weighted by atomic mass is 10.2. The molecule has 0 saturated carbocycles. The van der Waals surface area contributed by atoms with E-state index in [4.69, 9.17) is 0 Å². The lowest BCUT2D eigenvalue weighted by Crippen LogP contribution is -2.32. The number of rotatable bonds is 9. The molecule has 0 aliphatic rings. The van der Waals surface area contributed by atoms with Gasteiger partial charge in [-0.2, -0.15) is 0 Å². The molecule has 1 N–H and O–H groups in total. The summed E-state index contributed by atoms with van der Waals surface area (Å²) >= 11 is 0. The highest BCUT2D eigenvalue weighted by Gasteiger charge is 2.13. The van der Waals surface area contributed by atoms with Gasteiger partial charge in [-0.1, -0.05) is 12.1 Å². The van der Waals surface area contributed by atoms with E-state index in [1.807, 2.05) is 0 Å². The molecule has 132 valence electrons. The molecule has 0 atom stereocenters. The Morgan fingerprint density at radius 1 is 1.42 bits per heavy atom. The minimum Gasteiger partial charge on any atom is -0.353 e. The van der Waals surface area contributed by atoms with Crippen LogP contribution in [0.5, 0.6) is 0 Å². The van der Waals surface area contributed by atoms with Gasteiger partial charge in [0.05, 0.1) is 10.7 Å². The van der Waals surface area contributed by atoms with Crippen molar-refractivity contribution >= 4 is 27.7 Å². The van der Waals surface area contributed by atoms with Crippen molar-refractivity contribution in [3.63, 3.8) is 0 Å². The lowest BCUT2D eigenvalue weighted by Gasteiger charge is -2.15. The SMILES string of the molecule is CCS(=O)(=O)N(C)CCCNC(=O)/C=C/c1cccc([N+](=O)[O-])c1. The molecule has 8 nitrogen and oxygen atoms in total. The average molecular weight is 355 g/mol. The Labute approximate surface area is 141 Å². The maximum absolute atomic E-state index is 11.7. The topological polar surface area (TPSA) is 110 Å². The summed E-state index contributed by atoms with van der Waals surface area (Å²) in [5.41, 5.74) is 0.505. The maximum Gasteiger partial charge on any atom is 0.270 e. The first-order valence-corrected chi connectivity index (χ1v) is 9.01.